The fraction of sp³-hybridized carbons (Fsp3) is 0.0714. The van der Waals surface area contributed by atoms with Gasteiger partial charge in [0.05, 0.1) is 16.2 Å². The second kappa shape index (κ2) is 5.79. The second-order valence-corrected chi connectivity index (χ2v) is 4.24. The first-order valence-electron chi connectivity index (χ1n) is 5.95. The van der Waals surface area contributed by atoms with Crippen LogP contribution in [-0.4, -0.2) is 15.1 Å². The molecule has 0 aliphatic rings. The Hall–Kier alpha value is -3.27. The topological polar surface area (TPSA) is 119 Å². The van der Waals surface area contributed by atoms with Crippen molar-refractivity contribution in [1.29, 1.82) is 5.26 Å². The normalized spacial score (nSPS) is 9.86. The highest BCUT2D eigenvalue weighted by Gasteiger charge is 2.11. The summed E-state index contributed by atoms with van der Waals surface area (Å²) in [5, 5.41) is 41.6. The zero-order chi connectivity index (χ0) is 15.4. The van der Waals surface area contributed by atoms with E-state index in [1.807, 2.05) is 6.07 Å². The highest BCUT2D eigenvalue weighted by atomic mass is 16.6. The number of nitro benzene ring substituents is 1. The van der Waals surface area contributed by atoms with Crippen LogP contribution in [-0.2, 0) is 6.54 Å². The van der Waals surface area contributed by atoms with E-state index in [2.05, 4.69) is 5.32 Å². The molecular weight excluding hydrogens is 274 g/mol. The van der Waals surface area contributed by atoms with E-state index >= 15 is 0 Å². The number of benzene rings is 2. The largest absolute Gasteiger partial charge is 0.504 e. The molecule has 0 aliphatic heterocycles. The Labute approximate surface area is 119 Å². The molecule has 21 heavy (non-hydrogen) atoms. The third kappa shape index (κ3) is 3.01. The highest BCUT2D eigenvalue weighted by Crippen LogP contribution is 2.29. The van der Waals surface area contributed by atoms with Crippen molar-refractivity contribution in [3.05, 3.63) is 57.6 Å². The van der Waals surface area contributed by atoms with Crippen molar-refractivity contribution in [3.8, 4) is 17.6 Å². The zero-order valence-corrected chi connectivity index (χ0v) is 10.8. The van der Waals surface area contributed by atoms with E-state index in [-0.39, 0.29) is 29.3 Å². The summed E-state index contributed by atoms with van der Waals surface area (Å²) in [4.78, 5) is 10.1. The van der Waals surface area contributed by atoms with Crippen LogP contribution in [0.5, 0.6) is 11.5 Å². The van der Waals surface area contributed by atoms with E-state index in [4.69, 9.17) is 5.26 Å². The molecule has 0 bridgehead atoms. The summed E-state index contributed by atoms with van der Waals surface area (Å²) in [7, 11) is 0. The van der Waals surface area contributed by atoms with Gasteiger partial charge >= 0.3 is 0 Å². The smallest absolute Gasteiger partial charge is 0.270 e. The SMILES string of the molecule is N#Cc1cc([N+](=O)[O-])ccc1NCc1cccc(O)c1O. The standard InChI is InChI=1S/C14H11N3O4/c15-7-10-6-11(17(20)21)4-5-12(10)16-8-9-2-1-3-13(18)14(9)19/h1-6,16,18-19H,8H2. The maximum absolute atomic E-state index is 10.7. The number of nitrogens with one attached hydrogen (secondary N) is 1. The first-order valence-corrected chi connectivity index (χ1v) is 5.95. The summed E-state index contributed by atoms with van der Waals surface area (Å²) < 4.78 is 0. The summed E-state index contributed by atoms with van der Waals surface area (Å²) in [6.45, 7) is 0.159. The molecule has 0 unspecified atom stereocenters. The molecule has 0 radical (unpaired) electrons. The van der Waals surface area contributed by atoms with Crippen LogP contribution in [0, 0.1) is 21.4 Å². The molecule has 106 valence electrons. The molecule has 0 spiro atoms. The van der Waals surface area contributed by atoms with Crippen molar-refractivity contribution in [1.82, 2.24) is 0 Å². The Morgan fingerprint density at radius 3 is 2.71 bits per heavy atom. The Bertz CT molecular complexity index is 737. The Morgan fingerprint density at radius 1 is 1.29 bits per heavy atom. The number of aromatic hydroxyl groups is 2. The van der Waals surface area contributed by atoms with E-state index in [0.29, 0.717) is 11.3 Å². The van der Waals surface area contributed by atoms with E-state index < -0.39 is 4.92 Å². The molecule has 7 nitrogen and oxygen atoms in total. The number of hydrogen-bond donors (Lipinski definition) is 3. The van der Waals surface area contributed by atoms with Crippen molar-refractivity contribution < 1.29 is 15.1 Å². The minimum atomic E-state index is -0.578. The Kier molecular flexibility index (Phi) is 3.90. The van der Waals surface area contributed by atoms with Crippen LogP contribution in [0.4, 0.5) is 11.4 Å². The number of non-ortho nitro benzene ring substituents is 1. The molecule has 2 rings (SSSR count). The summed E-state index contributed by atoms with van der Waals surface area (Å²) in [5.41, 5.74) is 0.809. The van der Waals surface area contributed by atoms with Crippen LogP contribution >= 0.6 is 0 Å². The molecule has 0 amide bonds. The van der Waals surface area contributed by atoms with Crippen LogP contribution in [0.25, 0.3) is 0 Å². The Balaban J connectivity index is 2.22. The monoisotopic (exact) mass is 285 g/mol. The summed E-state index contributed by atoms with van der Waals surface area (Å²) in [6.07, 6.45) is 0. The van der Waals surface area contributed by atoms with Gasteiger partial charge in [-0.3, -0.25) is 10.1 Å². The van der Waals surface area contributed by atoms with Gasteiger partial charge in [-0.15, -0.1) is 0 Å². The van der Waals surface area contributed by atoms with Gasteiger partial charge < -0.3 is 15.5 Å². The molecule has 0 atom stereocenters. The van der Waals surface area contributed by atoms with Crippen LogP contribution in [0.3, 0.4) is 0 Å². The van der Waals surface area contributed by atoms with Crippen LogP contribution in [0.2, 0.25) is 0 Å². The molecule has 3 N–H and O–H groups in total. The third-order valence-corrected chi connectivity index (χ3v) is 2.90. The molecule has 0 aliphatic carbocycles. The van der Waals surface area contributed by atoms with Gasteiger partial charge in [0.1, 0.15) is 6.07 Å². The average molecular weight is 285 g/mol. The van der Waals surface area contributed by atoms with Crippen molar-refractivity contribution in [2.24, 2.45) is 0 Å². The summed E-state index contributed by atoms with van der Waals surface area (Å²) >= 11 is 0. The number of rotatable bonds is 4. The van der Waals surface area contributed by atoms with Gasteiger partial charge in [0.25, 0.3) is 5.69 Å². The lowest BCUT2D eigenvalue weighted by molar-refractivity contribution is -0.384. The molecule has 2 aromatic rings. The lowest BCUT2D eigenvalue weighted by Gasteiger charge is -2.10. The molecule has 0 saturated carbocycles. The van der Waals surface area contributed by atoms with Crippen LogP contribution < -0.4 is 5.32 Å². The van der Waals surface area contributed by atoms with Gasteiger partial charge in [-0.05, 0) is 12.1 Å². The fourth-order valence-corrected chi connectivity index (χ4v) is 1.80. The Morgan fingerprint density at radius 2 is 2.05 bits per heavy atom. The second-order valence-electron chi connectivity index (χ2n) is 4.24. The summed E-state index contributed by atoms with van der Waals surface area (Å²) in [5.74, 6) is -0.482. The van der Waals surface area contributed by atoms with E-state index in [0.717, 1.165) is 0 Å². The first kappa shape index (κ1) is 14.1. The van der Waals surface area contributed by atoms with E-state index in [9.17, 15) is 20.3 Å². The number of anilines is 1. The minimum absolute atomic E-state index is 0.129. The minimum Gasteiger partial charge on any atom is -0.504 e. The molecule has 2 aromatic carbocycles. The number of hydrogen-bond acceptors (Lipinski definition) is 6. The fourth-order valence-electron chi connectivity index (χ4n) is 1.80. The number of phenols is 2. The lowest BCUT2D eigenvalue weighted by Crippen LogP contribution is -2.02. The van der Waals surface area contributed by atoms with Gasteiger partial charge in [-0.2, -0.15) is 5.26 Å². The molecular formula is C14H11N3O4. The number of nitro groups is 1. The average Bonchev–Trinajstić information content (AvgIpc) is 2.48. The van der Waals surface area contributed by atoms with Gasteiger partial charge in [0.2, 0.25) is 0 Å². The predicted octanol–water partition coefficient (Wildman–Crippen LogP) is 2.49. The van der Waals surface area contributed by atoms with E-state index in [1.165, 1.54) is 24.3 Å². The van der Waals surface area contributed by atoms with Crippen LogP contribution in [0.1, 0.15) is 11.1 Å². The zero-order valence-electron chi connectivity index (χ0n) is 10.8. The number of nitriles is 1. The van der Waals surface area contributed by atoms with Crippen molar-refractivity contribution in [3.63, 3.8) is 0 Å². The quantitative estimate of drug-likeness (QED) is 0.451. The van der Waals surface area contributed by atoms with Crippen molar-refractivity contribution in [2.75, 3.05) is 5.32 Å². The molecule has 7 heteroatoms. The number of phenolic OH excluding ortho intramolecular Hbond substituents is 2. The first-order chi connectivity index (χ1) is 10.0. The van der Waals surface area contributed by atoms with Gasteiger partial charge in [-0.1, -0.05) is 12.1 Å². The molecule has 0 saturated heterocycles. The van der Waals surface area contributed by atoms with Crippen LogP contribution in [0.15, 0.2) is 36.4 Å². The molecule has 0 heterocycles. The predicted molar refractivity (Wildman–Crippen MR) is 74.9 cm³/mol. The van der Waals surface area contributed by atoms with Gasteiger partial charge in [-0.25, -0.2) is 0 Å². The maximum atomic E-state index is 10.7. The number of nitrogens with zero attached hydrogens (tertiary/aromatic N) is 2. The third-order valence-electron chi connectivity index (χ3n) is 2.90. The molecule has 0 aromatic heterocycles. The van der Waals surface area contributed by atoms with Gasteiger partial charge in [0, 0.05) is 24.2 Å². The molecule has 0 fully saturated rings. The van der Waals surface area contributed by atoms with Crippen molar-refractivity contribution >= 4 is 11.4 Å². The lowest BCUT2D eigenvalue weighted by atomic mass is 10.1. The summed E-state index contributed by atoms with van der Waals surface area (Å²) in [6, 6.07) is 10.3. The number of para-hydroxylation sites is 1. The van der Waals surface area contributed by atoms with E-state index in [1.54, 1.807) is 12.1 Å². The van der Waals surface area contributed by atoms with Crippen molar-refractivity contribution in [2.45, 2.75) is 6.54 Å². The maximum Gasteiger partial charge on any atom is 0.270 e. The van der Waals surface area contributed by atoms with Gasteiger partial charge in [0.15, 0.2) is 11.5 Å². The highest BCUT2D eigenvalue weighted by molar-refractivity contribution is 5.61.